The zero-order chi connectivity index (χ0) is 15.4. The Bertz CT molecular complexity index is 517. The molecule has 1 aliphatic rings. The summed E-state index contributed by atoms with van der Waals surface area (Å²) < 4.78 is 10.2. The van der Waals surface area contributed by atoms with Crippen molar-refractivity contribution in [3.05, 3.63) is 24.3 Å². The lowest BCUT2D eigenvalue weighted by atomic mass is 10.0. The van der Waals surface area contributed by atoms with E-state index in [1.54, 1.807) is 38.4 Å². The molecule has 7 nitrogen and oxygen atoms in total. The Labute approximate surface area is 122 Å². The fourth-order valence-corrected chi connectivity index (χ4v) is 2.20. The van der Waals surface area contributed by atoms with Crippen molar-refractivity contribution in [2.24, 2.45) is 5.92 Å². The summed E-state index contributed by atoms with van der Waals surface area (Å²) >= 11 is 0. The van der Waals surface area contributed by atoms with Crippen molar-refractivity contribution in [2.45, 2.75) is 6.04 Å². The van der Waals surface area contributed by atoms with Crippen LogP contribution in [0.5, 0.6) is 5.75 Å². The van der Waals surface area contributed by atoms with E-state index in [1.165, 1.54) is 4.90 Å². The molecule has 2 amide bonds. The molecule has 1 aromatic rings. The molecule has 0 aliphatic carbocycles. The number of amides is 2. The first kappa shape index (κ1) is 15.1. The summed E-state index contributed by atoms with van der Waals surface area (Å²) in [7, 11) is 3.13. The number of nitrogens with one attached hydrogen (secondary N) is 1. The molecule has 0 spiro atoms. The molecule has 1 heterocycles. The maximum absolute atomic E-state index is 12.2. The van der Waals surface area contributed by atoms with Crippen molar-refractivity contribution < 1.29 is 24.2 Å². The van der Waals surface area contributed by atoms with E-state index >= 15 is 0 Å². The molecule has 2 atom stereocenters. The smallest absolute Gasteiger partial charge is 0.321 e. The van der Waals surface area contributed by atoms with Crippen LogP contribution in [0.15, 0.2) is 24.3 Å². The van der Waals surface area contributed by atoms with Gasteiger partial charge in [-0.15, -0.1) is 0 Å². The predicted octanol–water partition coefficient (Wildman–Crippen LogP) is 1.26. The molecule has 1 fully saturated rings. The van der Waals surface area contributed by atoms with E-state index in [-0.39, 0.29) is 19.2 Å². The molecule has 0 aromatic heterocycles. The fourth-order valence-electron chi connectivity index (χ4n) is 2.20. The SMILES string of the molecule is COc1ccc(NC(=O)N(C)C2COCC2C(=O)O)cc1. The van der Waals surface area contributed by atoms with Gasteiger partial charge in [-0.1, -0.05) is 0 Å². The zero-order valence-electron chi connectivity index (χ0n) is 11.9. The molecule has 21 heavy (non-hydrogen) atoms. The number of hydrogen-bond acceptors (Lipinski definition) is 4. The summed E-state index contributed by atoms with van der Waals surface area (Å²) in [6.07, 6.45) is 0. The minimum absolute atomic E-state index is 0.125. The molecule has 1 aliphatic heterocycles. The minimum atomic E-state index is -0.957. The molecule has 1 saturated heterocycles. The van der Waals surface area contributed by atoms with Gasteiger partial charge in [0.25, 0.3) is 0 Å². The molecular weight excluding hydrogens is 276 g/mol. The number of carboxylic acids is 1. The van der Waals surface area contributed by atoms with E-state index < -0.39 is 17.9 Å². The molecule has 2 unspecified atom stereocenters. The number of nitrogens with zero attached hydrogens (tertiary/aromatic N) is 1. The summed E-state index contributed by atoms with van der Waals surface area (Å²) in [4.78, 5) is 24.6. The number of rotatable bonds is 4. The summed E-state index contributed by atoms with van der Waals surface area (Å²) in [6, 6.07) is 6.04. The summed E-state index contributed by atoms with van der Waals surface area (Å²) in [5.74, 6) is -0.963. The number of methoxy groups -OCH3 is 1. The van der Waals surface area contributed by atoms with Crippen LogP contribution in [0.2, 0.25) is 0 Å². The van der Waals surface area contributed by atoms with Crippen LogP contribution in [0.1, 0.15) is 0 Å². The normalized spacial score (nSPS) is 20.9. The van der Waals surface area contributed by atoms with Gasteiger partial charge in [-0.25, -0.2) is 4.79 Å². The van der Waals surface area contributed by atoms with Crippen LogP contribution in [0.25, 0.3) is 0 Å². The average Bonchev–Trinajstić information content (AvgIpc) is 2.96. The predicted molar refractivity (Wildman–Crippen MR) is 75.5 cm³/mol. The zero-order valence-corrected chi connectivity index (χ0v) is 11.9. The number of hydrogen-bond donors (Lipinski definition) is 2. The van der Waals surface area contributed by atoms with Crippen LogP contribution in [0.3, 0.4) is 0 Å². The first-order chi connectivity index (χ1) is 10.0. The molecule has 2 N–H and O–H groups in total. The maximum atomic E-state index is 12.2. The number of likely N-dealkylation sites (N-methyl/N-ethyl adjacent to an activating group) is 1. The van der Waals surface area contributed by atoms with Gasteiger partial charge in [-0.05, 0) is 24.3 Å². The summed E-state index contributed by atoms with van der Waals surface area (Å²) in [6.45, 7) is 0.351. The van der Waals surface area contributed by atoms with E-state index in [2.05, 4.69) is 5.32 Å². The molecule has 114 valence electrons. The van der Waals surface area contributed by atoms with E-state index in [0.717, 1.165) is 0 Å². The lowest BCUT2D eigenvalue weighted by Crippen LogP contribution is -2.45. The Morgan fingerprint density at radius 3 is 2.57 bits per heavy atom. The van der Waals surface area contributed by atoms with Gasteiger partial charge >= 0.3 is 12.0 Å². The second-order valence-electron chi connectivity index (χ2n) is 4.82. The van der Waals surface area contributed by atoms with Gasteiger partial charge in [-0.3, -0.25) is 4.79 Å². The topological polar surface area (TPSA) is 88.1 Å². The third-order valence-electron chi connectivity index (χ3n) is 3.53. The van der Waals surface area contributed by atoms with Gasteiger partial charge in [0.05, 0.1) is 26.4 Å². The van der Waals surface area contributed by atoms with Crippen molar-refractivity contribution in [3.63, 3.8) is 0 Å². The van der Waals surface area contributed by atoms with Gasteiger partial charge in [0.15, 0.2) is 0 Å². The Kier molecular flexibility index (Phi) is 4.64. The van der Waals surface area contributed by atoms with Crippen molar-refractivity contribution in [3.8, 4) is 5.75 Å². The second-order valence-corrected chi connectivity index (χ2v) is 4.82. The van der Waals surface area contributed by atoms with Crippen LogP contribution in [0, 0.1) is 5.92 Å². The van der Waals surface area contributed by atoms with Crippen molar-refractivity contribution >= 4 is 17.7 Å². The number of ether oxygens (including phenoxy) is 2. The molecular formula is C14H18N2O5. The highest BCUT2D eigenvalue weighted by Gasteiger charge is 2.38. The maximum Gasteiger partial charge on any atom is 0.321 e. The Morgan fingerprint density at radius 2 is 2.00 bits per heavy atom. The molecule has 1 aromatic carbocycles. The molecule has 2 rings (SSSR count). The number of urea groups is 1. The number of anilines is 1. The highest BCUT2D eigenvalue weighted by Crippen LogP contribution is 2.20. The van der Waals surface area contributed by atoms with Crippen molar-refractivity contribution in [1.82, 2.24) is 4.90 Å². The fraction of sp³-hybridized carbons (Fsp3) is 0.429. The summed E-state index contributed by atoms with van der Waals surface area (Å²) in [5.41, 5.74) is 0.610. The molecule has 0 radical (unpaired) electrons. The van der Waals surface area contributed by atoms with Crippen LogP contribution in [-0.2, 0) is 9.53 Å². The van der Waals surface area contributed by atoms with Crippen molar-refractivity contribution in [2.75, 3.05) is 32.7 Å². The standard InChI is InChI=1S/C14H18N2O5/c1-16(12-8-21-7-11(12)13(17)18)14(19)15-9-3-5-10(20-2)6-4-9/h3-6,11-12H,7-8H2,1-2H3,(H,15,19)(H,17,18). The third-order valence-corrected chi connectivity index (χ3v) is 3.53. The van der Waals surface area contributed by atoms with Gasteiger partial charge < -0.3 is 24.8 Å². The number of carbonyl (C=O) groups is 2. The van der Waals surface area contributed by atoms with Gasteiger partial charge in [0.1, 0.15) is 11.7 Å². The van der Waals surface area contributed by atoms with E-state index in [1.807, 2.05) is 0 Å². The third kappa shape index (κ3) is 3.43. The second kappa shape index (κ2) is 6.45. The number of aliphatic carboxylic acids is 1. The van der Waals surface area contributed by atoms with E-state index in [9.17, 15) is 9.59 Å². The number of carboxylic acid groups (broad SMARTS) is 1. The molecule has 0 saturated carbocycles. The van der Waals surface area contributed by atoms with Crippen molar-refractivity contribution in [1.29, 1.82) is 0 Å². The largest absolute Gasteiger partial charge is 0.497 e. The highest BCUT2D eigenvalue weighted by atomic mass is 16.5. The van der Waals surface area contributed by atoms with Gasteiger partial charge in [0, 0.05) is 12.7 Å². The highest BCUT2D eigenvalue weighted by molar-refractivity contribution is 5.90. The lowest BCUT2D eigenvalue weighted by Gasteiger charge is -2.26. The van der Waals surface area contributed by atoms with Crippen LogP contribution in [-0.4, -0.2) is 55.4 Å². The first-order valence-corrected chi connectivity index (χ1v) is 6.51. The quantitative estimate of drug-likeness (QED) is 0.872. The van der Waals surface area contributed by atoms with Crippen LogP contribution in [0.4, 0.5) is 10.5 Å². The monoisotopic (exact) mass is 294 g/mol. The van der Waals surface area contributed by atoms with E-state index in [4.69, 9.17) is 14.6 Å². The Balaban J connectivity index is 2.00. The minimum Gasteiger partial charge on any atom is -0.497 e. The van der Waals surface area contributed by atoms with E-state index in [0.29, 0.717) is 11.4 Å². The lowest BCUT2D eigenvalue weighted by molar-refractivity contribution is -0.142. The number of benzene rings is 1. The van der Waals surface area contributed by atoms with Gasteiger partial charge in [-0.2, -0.15) is 0 Å². The van der Waals surface area contributed by atoms with Crippen LogP contribution >= 0.6 is 0 Å². The molecule has 7 heteroatoms. The van der Waals surface area contributed by atoms with Crippen LogP contribution < -0.4 is 10.1 Å². The Hall–Kier alpha value is -2.28. The number of carbonyl (C=O) groups excluding carboxylic acids is 1. The van der Waals surface area contributed by atoms with Gasteiger partial charge in [0.2, 0.25) is 0 Å². The Morgan fingerprint density at radius 1 is 1.33 bits per heavy atom. The first-order valence-electron chi connectivity index (χ1n) is 6.51. The summed E-state index contributed by atoms with van der Waals surface area (Å²) in [5, 5.41) is 11.8. The average molecular weight is 294 g/mol. The molecule has 0 bridgehead atoms.